The molecule has 16 heavy (non-hydrogen) atoms. The van der Waals surface area contributed by atoms with Crippen LogP contribution in [0.3, 0.4) is 0 Å². The molecule has 0 radical (unpaired) electrons. The number of hydrogen-bond acceptors (Lipinski definition) is 3. The maximum absolute atomic E-state index is 11.2. The Hall–Kier alpha value is -1.25. The van der Waals surface area contributed by atoms with Crippen LogP contribution in [-0.4, -0.2) is 18.5 Å². The number of ketones is 1. The first-order chi connectivity index (χ1) is 7.65. The van der Waals surface area contributed by atoms with E-state index in [1.165, 1.54) is 0 Å². The van der Waals surface area contributed by atoms with Crippen molar-refractivity contribution in [2.24, 2.45) is 5.92 Å². The van der Waals surface area contributed by atoms with Crippen LogP contribution in [0.4, 0.5) is 0 Å². The van der Waals surface area contributed by atoms with Crippen molar-refractivity contribution in [1.82, 2.24) is 0 Å². The average molecular weight is 222 g/mol. The van der Waals surface area contributed by atoms with Crippen LogP contribution in [0.5, 0.6) is 0 Å². The zero-order chi connectivity index (χ0) is 11.5. The molecule has 3 heteroatoms. The second-order valence-electron chi connectivity index (χ2n) is 4.83. The molecule has 88 valence electrons. The third-order valence-corrected chi connectivity index (χ3v) is 2.85. The largest absolute Gasteiger partial charge is 0.489 e. The van der Waals surface area contributed by atoms with Gasteiger partial charge in [-0.25, -0.2) is 0 Å². The summed E-state index contributed by atoms with van der Waals surface area (Å²) in [6.07, 6.45) is 6.22. The Balaban J connectivity index is 1.95. The standard InChI is InChI=1S/C13H18O3/c1-9(2)3-4-10-5-12-13(15-7-10)6-11(14)8-16-12/h5,7,9,13H,3-4,6,8H2,1-2H3. The summed E-state index contributed by atoms with van der Waals surface area (Å²) >= 11 is 0. The van der Waals surface area contributed by atoms with Crippen LogP contribution in [0.2, 0.25) is 0 Å². The Kier molecular flexibility index (Phi) is 3.32. The van der Waals surface area contributed by atoms with Crippen LogP contribution >= 0.6 is 0 Å². The van der Waals surface area contributed by atoms with Gasteiger partial charge in [-0.15, -0.1) is 0 Å². The second kappa shape index (κ2) is 4.73. The Morgan fingerprint density at radius 1 is 1.50 bits per heavy atom. The smallest absolute Gasteiger partial charge is 0.174 e. The van der Waals surface area contributed by atoms with Gasteiger partial charge in [-0.2, -0.15) is 0 Å². The number of allylic oxidation sites excluding steroid dienone is 2. The van der Waals surface area contributed by atoms with Gasteiger partial charge in [-0.3, -0.25) is 4.79 Å². The van der Waals surface area contributed by atoms with Crippen LogP contribution in [0.1, 0.15) is 33.1 Å². The van der Waals surface area contributed by atoms with Crippen LogP contribution < -0.4 is 0 Å². The van der Waals surface area contributed by atoms with Gasteiger partial charge in [0.25, 0.3) is 0 Å². The monoisotopic (exact) mass is 222 g/mol. The van der Waals surface area contributed by atoms with Crippen molar-refractivity contribution in [1.29, 1.82) is 0 Å². The lowest BCUT2D eigenvalue weighted by Gasteiger charge is -2.28. The fraction of sp³-hybridized carbons (Fsp3) is 0.615. The maximum atomic E-state index is 11.2. The molecule has 0 aromatic heterocycles. The molecule has 0 aromatic rings. The number of rotatable bonds is 3. The van der Waals surface area contributed by atoms with E-state index in [1.807, 2.05) is 6.08 Å². The average Bonchev–Trinajstić information content (AvgIpc) is 2.26. The molecule has 1 unspecified atom stereocenters. The number of carbonyl (C=O) groups excluding carboxylic acids is 1. The van der Waals surface area contributed by atoms with Crippen LogP contribution in [-0.2, 0) is 14.3 Å². The molecule has 0 aliphatic carbocycles. The van der Waals surface area contributed by atoms with Crippen molar-refractivity contribution in [2.75, 3.05) is 6.61 Å². The molecule has 2 rings (SSSR count). The summed E-state index contributed by atoms with van der Waals surface area (Å²) in [5.41, 5.74) is 1.16. The summed E-state index contributed by atoms with van der Waals surface area (Å²) in [4.78, 5) is 11.2. The van der Waals surface area contributed by atoms with Crippen molar-refractivity contribution >= 4 is 5.78 Å². The second-order valence-corrected chi connectivity index (χ2v) is 4.83. The Labute approximate surface area is 96.1 Å². The van der Waals surface area contributed by atoms with Gasteiger partial charge in [0.05, 0.1) is 12.7 Å². The summed E-state index contributed by atoms with van der Waals surface area (Å²) in [5.74, 6) is 1.62. The zero-order valence-corrected chi connectivity index (χ0v) is 9.86. The molecule has 0 N–H and O–H groups in total. The minimum Gasteiger partial charge on any atom is -0.489 e. The van der Waals surface area contributed by atoms with Crippen LogP contribution in [0.25, 0.3) is 0 Å². The van der Waals surface area contributed by atoms with E-state index in [4.69, 9.17) is 9.47 Å². The molecule has 2 aliphatic heterocycles. The van der Waals surface area contributed by atoms with Crippen molar-refractivity contribution < 1.29 is 14.3 Å². The molecule has 0 aromatic carbocycles. The summed E-state index contributed by atoms with van der Waals surface area (Å²) in [7, 11) is 0. The van der Waals surface area contributed by atoms with Crippen molar-refractivity contribution in [3.8, 4) is 0 Å². The first kappa shape index (κ1) is 11.2. The van der Waals surface area contributed by atoms with Gasteiger partial charge in [0, 0.05) is 0 Å². The molecule has 3 nitrogen and oxygen atoms in total. The molecule has 2 heterocycles. The van der Waals surface area contributed by atoms with E-state index in [0.717, 1.165) is 24.2 Å². The lowest BCUT2D eigenvalue weighted by molar-refractivity contribution is -0.129. The molecule has 0 bridgehead atoms. The Morgan fingerprint density at radius 3 is 3.06 bits per heavy atom. The van der Waals surface area contributed by atoms with E-state index >= 15 is 0 Å². The molecule has 0 amide bonds. The first-order valence-electron chi connectivity index (χ1n) is 5.85. The van der Waals surface area contributed by atoms with Crippen LogP contribution in [0.15, 0.2) is 23.7 Å². The van der Waals surface area contributed by atoms with Gasteiger partial charge < -0.3 is 9.47 Å². The highest BCUT2D eigenvalue weighted by molar-refractivity contribution is 5.81. The lowest BCUT2D eigenvalue weighted by Crippen LogP contribution is -2.30. The molecule has 0 spiro atoms. The number of fused-ring (bicyclic) bond motifs is 1. The van der Waals surface area contributed by atoms with Gasteiger partial charge in [0.1, 0.15) is 12.4 Å². The van der Waals surface area contributed by atoms with E-state index in [9.17, 15) is 4.79 Å². The molecular weight excluding hydrogens is 204 g/mol. The predicted octanol–water partition coefficient (Wildman–Crippen LogP) is 2.58. The highest BCUT2D eigenvalue weighted by Crippen LogP contribution is 2.27. The van der Waals surface area contributed by atoms with Gasteiger partial charge in [0.15, 0.2) is 11.9 Å². The van der Waals surface area contributed by atoms with E-state index < -0.39 is 0 Å². The summed E-state index contributed by atoms with van der Waals surface area (Å²) in [6.45, 7) is 4.61. The number of carbonyl (C=O) groups is 1. The number of Topliss-reactive ketones (excluding diaryl/α,β-unsaturated/α-hetero) is 1. The molecule has 1 fully saturated rings. The maximum Gasteiger partial charge on any atom is 0.174 e. The Morgan fingerprint density at radius 2 is 2.31 bits per heavy atom. The topological polar surface area (TPSA) is 35.5 Å². The fourth-order valence-corrected chi connectivity index (χ4v) is 1.85. The molecule has 1 atom stereocenters. The quantitative estimate of drug-likeness (QED) is 0.736. The summed E-state index contributed by atoms with van der Waals surface area (Å²) in [6, 6.07) is 0. The number of hydrogen-bond donors (Lipinski definition) is 0. The van der Waals surface area contributed by atoms with Crippen molar-refractivity contribution in [2.45, 2.75) is 39.2 Å². The van der Waals surface area contributed by atoms with Crippen molar-refractivity contribution in [3.63, 3.8) is 0 Å². The van der Waals surface area contributed by atoms with E-state index in [0.29, 0.717) is 12.3 Å². The fourth-order valence-electron chi connectivity index (χ4n) is 1.85. The SMILES string of the molecule is CC(C)CCC1=COC2CC(=O)COC2=C1. The first-order valence-corrected chi connectivity index (χ1v) is 5.85. The molecular formula is C13H18O3. The third-order valence-electron chi connectivity index (χ3n) is 2.85. The minimum absolute atomic E-state index is 0.112. The Bertz CT molecular complexity index is 339. The molecule has 2 aliphatic rings. The normalized spacial score (nSPS) is 24.2. The van der Waals surface area contributed by atoms with Gasteiger partial charge in [-0.1, -0.05) is 13.8 Å². The van der Waals surface area contributed by atoms with Gasteiger partial charge in [-0.05, 0) is 30.4 Å². The third kappa shape index (κ3) is 2.65. The highest BCUT2D eigenvalue weighted by atomic mass is 16.5. The summed E-state index contributed by atoms with van der Waals surface area (Å²) in [5, 5.41) is 0. The van der Waals surface area contributed by atoms with E-state index in [2.05, 4.69) is 13.8 Å². The predicted molar refractivity (Wildman–Crippen MR) is 60.7 cm³/mol. The number of ether oxygens (including phenoxy) is 2. The lowest BCUT2D eigenvalue weighted by atomic mass is 9.99. The van der Waals surface area contributed by atoms with E-state index in [-0.39, 0.29) is 18.5 Å². The van der Waals surface area contributed by atoms with Gasteiger partial charge >= 0.3 is 0 Å². The van der Waals surface area contributed by atoms with E-state index in [1.54, 1.807) is 6.26 Å². The van der Waals surface area contributed by atoms with Gasteiger partial charge in [0.2, 0.25) is 0 Å². The van der Waals surface area contributed by atoms with Crippen molar-refractivity contribution in [3.05, 3.63) is 23.7 Å². The minimum atomic E-state index is -0.177. The molecule has 0 saturated carbocycles. The highest BCUT2D eigenvalue weighted by Gasteiger charge is 2.28. The molecule has 1 saturated heterocycles. The van der Waals surface area contributed by atoms with Crippen LogP contribution in [0, 0.1) is 5.92 Å². The summed E-state index contributed by atoms with van der Waals surface area (Å²) < 4.78 is 10.9. The zero-order valence-electron chi connectivity index (χ0n) is 9.86.